The number of nitro groups is 1. The molecule has 0 fully saturated rings. The van der Waals surface area contributed by atoms with Crippen molar-refractivity contribution in [3.63, 3.8) is 0 Å². The normalized spacial score (nSPS) is 9.63. The van der Waals surface area contributed by atoms with Crippen LogP contribution in [0, 0.1) is 21.4 Å². The highest BCUT2D eigenvalue weighted by atomic mass is 16.6. The fourth-order valence-electron chi connectivity index (χ4n) is 1.55. The minimum Gasteiger partial charge on any atom is -0.504 e. The minimum absolute atomic E-state index is 0.0840. The van der Waals surface area contributed by atoms with Gasteiger partial charge in [-0.2, -0.15) is 5.26 Å². The molecule has 6 heteroatoms. The summed E-state index contributed by atoms with van der Waals surface area (Å²) in [6, 6.07) is 12.0. The largest absolute Gasteiger partial charge is 0.504 e. The number of nitrogens with zero attached hydrogens (tertiary/aromatic N) is 2. The Balaban J connectivity index is 2.50. The van der Waals surface area contributed by atoms with E-state index in [-0.39, 0.29) is 22.8 Å². The topological polar surface area (TPSA) is 96.4 Å². The van der Waals surface area contributed by atoms with Crippen LogP contribution < -0.4 is 4.74 Å². The number of para-hydroxylation sites is 3. The van der Waals surface area contributed by atoms with Crippen molar-refractivity contribution in [1.82, 2.24) is 0 Å². The zero-order valence-corrected chi connectivity index (χ0v) is 9.61. The van der Waals surface area contributed by atoms with E-state index in [0.29, 0.717) is 0 Å². The summed E-state index contributed by atoms with van der Waals surface area (Å²) in [5.74, 6) is -0.148. The van der Waals surface area contributed by atoms with Gasteiger partial charge in [-0.15, -0.1) is 0 Å². The number of phenols is 1. The van der Waals surface area contributed by atoms with Gasteiger partial charge in [-0.25, -0.2) is 0 Å². The van der Waals surface area contributed by atoms with E-state index >= 15 is 0 Å². The predicted octanol–water partition coefficient (Wildman–Crippen LogP) is 2.96. The third-order valence-electron chi connectivity index (χ3n) is 2.39. The summed E-state index contributed by atoms with van der Waals surface area (Å²) >= 11 is 0. The monoisotopic (exact) mass is 256 g/mol. The molecule has 0 aliphatic heterocycles. The predicted molar refractivity (Wildman–Crippen MR) is 66.0 cm³/mol. The SMILES string of the molecule is N#Cc1cccc(Oc2ccccc2O)c1[N+](=O)[O-]. The van der Waals surface area contributed by atoms with Gasteiger partial charge in [0.25, 0.3) is 0 Å². The van der Waals surface area contributed by atoms with Crippen LogP contribution in [0.25, 0.3) is 0 Å². The van der Waals surface area contributed by atoms with Gasteiger partial charge in [-0.3, -0.25) is 10.1 Å². The van der Waals surface area contributed by atoms with E-state index in [2.05, 4.69) is 0 Å². The smallest absolute Gasteiger partial charge is 0.329 e. The van der Waals surface area contributed by atoms with Crippen LogP contribution in [0.2, 0.25) is 0 Å². The Morgan fingerprint density at radius 3 is 2.47 bits per heavy atom. The van der Waals surface area contributed by atoms with Crippen molar-refractivity contribution in [1.29, 1.82) is 5.26 Å². The van der Waals surface area contributed by atoms with Crippen LogP contribution in [0.3, 0.4) is 0 Å². The molecule has 2 rings (SSSR count). The van der Waals surface area contributed by atoms with Gasteiger partial charge in [0.2, 0.25) is 5.75 Å². The van der Waals surface area contributed by atoms with Crippen LogP contribution in [0.4, 0.5) is 5.69 Å². The van der Waals surface area contributed by atoms with Crippen LogP contribution in [0.5, 0.6) is 17.2 Å². The first-order chi connectivity index (χ1) is 9.13. The molecule has 2 aromatic carbocycles. The van der Waals surface area contributed by atoms with Gasteiger partial charge >= 0.3 is 5.69 Å². The summed E-state index contributed by atoms with van der Waals surface area (Å²) in [7, 11) is 0. The van der Waals surface area contributed by atoms with Gasteiger partial charge in [-0.05, 0) is 24.3 Å². The van der Waals surface area contributed by atoms with E-state index in [1.54, 1.807) is 18.2 Å². The van der Waals surface area contributed by atoms with Gasteiger partial charge in [0.15, 0.2) is 11.5 Å². The molecule has 2 aromatic rings. The number of rotatable bonds is 3. The number of benzene rings is 2. The quantitative estimate of drug-likeness (QED) is 0.672. The molecule has 0 amide bonds. The number of hydrogen-bond donors (Lipinski definition) is 1. The lowest BCUT2D eigenvalue weighted by Crippen LogP contribution is -1.96. The Morgan fingerprint density at radius 1 is 1.16 bits per heavy atom. The molecule has 0 bridgehead atoms. The maximum atomic E-state index is 11.0. The first-order valence-electron chi connectivity index (χ1n) is 5.27. The maximum absolute atomic E-state index is 11.0. The first kappa shape index (κ1) is 12.4. The zero-order valence-electron chi connectivity index (χ0n) is 9.61. The first-order valence-corrected chi connectivity index (χ1v) is 5.27. The molecular formula is C13H8N2O4. The molecule has 0 aliphatic carbocycles. The Labute approximate surface area is 108 Å². The van der Waals surface area contributed by atoms with Gasteiger partial charge in [0.05, 0.1) is 4.92 Å². The van der Waals surface area contributed by atoms with Crippen molar-refractivity contribution in [2.75, 3.05) is 0 Å². The van der Waals surface area contributed by atoms with E-state index in [1.165, 1.54) is 30.3 Å². The summed E-state index contributed by atoms with van der Waals surface area (Å²) in [4.78, 5) is 10.3. The Bertz CT molecular complexity index is 677. The van der Waals surface area contributed by atoms with E-state index < -0.39 is 10.6 Å². The lowest BCUT2D eigenvalue weighted by Gasteiger charge is -2.08. The summed E-state index contributed by atoms with van der Waals surface area (Å²) in [6.07, 6.45) is 0. The summed E-state index contributed by atoms with van der Waals surface area (Å²) in [6.45, 7) is 0. The van der Waals surface area contributed by atoms with Crippen molar-refractivity contribution < 1.29 is 14.8 Å². The molecule has 0 radical (unpaired) electrons. The molecule has 6 nitrogen and oxygen atoms in total. The highest BCUT2D eigenvalue weighted by Gasteiger charge is 2.21. The minimum atomic E-state index is -0.687. The van der Waals surface area contributed by atoms with Crippen LogP contribution in [0.1, 0.15) is 5.56 Å². The summed E-state index contributed by atoms with van der Waals surface area (Å²) in [5, 5.41) is 29.4. The van der Waals surface area contributed by atoms with Gasteiger partial charge in [0.1, 0.15) is 11.6 Å². The number of ether oxygens (including phenoxy) is 1. The average Bonchev–Trinajstić information content (AvgIpc) is 2.40. The lowest BCUT2D eigenvalue weighted by molar-refractivity contribution is -0.385. The van der Waals surface area contributed by atoms with E-state index in [0.717, 1.165) is 0 Å². The molecule has 1 N–H and O–H groups in total. The van der Waals surface area contributed by atoms with Gasteiger partial charge in [0, 0.05) is 0 Å². The fourth-order valence-corrected chi connectivity index (χ4v) is 1.55. The zero-order chi connectivity index (χ0) is 13.8. The van der Waals surface area contributed by atoms with Crippen molar-refractivity contribution in [3.8, 4) is 23.3 Å². The number of phenolic OH excluding ortho intramolecular Hbond substituents is 1. The molecule has 0 spiro atoms. The lowest BCUT2D eigenvalue weighted by atomic mass is 10.2. The molecule has 94 valence electrons. The summed E-state index contributed by atoms with van der Waals surface area (Å²) < 4.78 is 5.30. The standard InChI is InChI=1S/C13H8N2O4/c14-8-9-4-3-7-12(13(9)15(17)18)19-11-6-2-1-5-10(11)16/h1-7,16H. The van der Waals surface area contributed by atoms with E-state index in [1.807, 2.05) is 0 Å². The van der Waals surface area contributed by atoms with Gasteiger partial charge in [-0.1, -0.05) is 18.2 Å². The number of nitro benzene ring substituents is 1. The molecule has 0 aromatic heterocycles. The van der Waals surface area contributed by atoms with Gasteiger partial charge < -0.3 is 9.84 Å². The van der Waals surface area contributed by atoms with Crippen LogP contribution in [0.15, 0.2) is 42.5 Å². The van der Waals surface area contributed by atoms with Crippen LogP contribution in [-0.2, 0) is 0 Å². The second kappa shape index (κ2) is 5.06. The highest BCUT2D eigenvalue weighted by molar-refractivity contribution is 5.59. The molecule has 0 saturated carbocycles. The Morgan fingerprint density at radius 2 is 1.84 bits per heavy atom. The van der Waals surface area contributed by atoms with E-state index in [9.17, 15) is 15.2 Å². The molecule has 0 saturated heterocycles. The summed E-state index contributed by atoms with van der Waals surface area (Å²) in [5.41, 5.74) is -0.522. The van der Waals surface area contributed by atoms with Crippen molar-refractivity contribution in [2.45, 2.75) is 0 Å². The second-order valence-electron chi connectivity index (χ2n) is 3.59. The third kappa shape index (κ3) is 2.45. The fraction of sp³-hybridized carbons (Fsp3) is 0. The molecule has 0 heterocycles. The van der Waals surface area contributed by atoms with Crippen LogP contribution >= 0.6 is 0 Å². The van der Waals surface area contributed by atoms with Crippen LogP contribution in [-0.4, -0.2) is 10.0 Å². The van der Waals surface area contributed by atoms with Crippen molar-refractivity contribution >= 4 is 5.69 Å². The molecule has 0 unspecified atom stereocenters. The highest BCUT2D eigenvalue weighted by Crippen LogP contribution is 2.36. The molecule has 0 aliphatic rings. The Kier molecular flexibility index (Phi) is 3.30. The Hall–Kier alpha value is -3.07. The van der Waals surface area contributed by atoms with E-state index in [4.69, 9.17) is 10.00 Å². The van der Waals surface area contributed by atoms with Crippen molar-refractivity contribution in [2.24, 2.45) is 0 Å². The molecule has 19 heavy (non-hydrogen) atoms. The molecule has 0 atom stereocenters. The number of nitriles is 1. The molecular weight excluding hydrogens is 248 g/mol. The average molecular weight is 256 g/mol. The number of aromatic hydroxyl groups is 1. The second-order valence-corrected chi connectivity index (χ2v) is 3.59. The van der Waals surface area contributed by atoms with Crippen molar-refractivity contribution in [3.05, 3.63) is 58.1 Å². The maximum Gasteiger partial charge on any atom is 0.329 e. The number of hydrogen-bond acceptors (Lipinski definition) is 5. The third-order valence-corrected chi connectivity index (χ3v) is 2.39.